The van der Waals surface area contributed by atoms with Crippen LogP contribution in [0.1, 0.15) is 26.3 Å². The second-order valence-corrected chi connectivity index (χ2v) is 6.23. The lowest BCUT2D eigenvalue weighted by molar-refractivity contribution is 0.258. The van der Waals surface area contributed by atoms with Crippen molar-refractivity contribution < 1.29 is 9.47 Å². The number of nitrogens with zero attached hydrogens (tertiary/aromatic N) is 1. The quantitative estimate of drug-likeness (QED) is 0.832. The van der Waals surface area contributed by atoms with E-state index in [0.717, 1.165) is 30.2 Å². The summed E-state index contributed by atoms with van der Waals surface area (Å²) < 4.78 is 11.2. The van der Waals surface area contributed by atoms with Gasteiger partial charge in [-0.3, -0.25) is 0 Å². The maximum Gasteiger partial charge on any atom is 0.124 e. The number of hydrogen-bond acceptors (Lipinski definition) is 4. The first kappa shape index (κ1) is 16.8. The standard InChI is InChI=1S/C16H28N2O2/c1-16(2,3)17-12-13-11-14(19-6)7-8-15(13)20-10-9-18(4)5/h7-8,11,17H,9-10,12H2,1-6H3. The zero-order valence-corrected chi connectivity index (χ0v) is 13.6. The zero-order valence-electron chi connectivity index (χ0n) is 13.6. The van der Waals surface area contributed by atoms with Gasteiger partial charge in [-0.1, -0.05) is 0 Å². The fourth-order valence-electron chi connectivity index (χ4n) is 1.66. The van der Waals surface area contributed by atoms with Crippen LogP contribution in [0.2, 0.25) is 0 Å². The van der Waals surface area contributed by atoms with Crippen LogP contribution in [0.4, 0.5) is 0 Å². The normalized spacial score (nSPS) is 11.8. The van der Waals surface area contributed by atoms with E-state index in [1.807, 2.05) is 32.3 Å². The Morgan fingerprint density at radius 1 is 1.20 bits per heavy atom. The summed E-state index contributed by atoms with van der Waals surface area (Å²) in [6.07, 6.45) is 0. The van der Waals surface area contributed by atoms with Gasteiger partial charge in [0.1, 0.15) is 18.1 Å². The maximum atomic E-state index is 5.88. The predicted molar refractivity (Wildman–Crippen MR) is 83.6 cm³/mol. The summed E-state index contributed by atoms with van der Waals surface area (Å²) in [5, 5.41) is 3.48. The van der Waals surface area contributed by atoms with Crippen LogP contribution >= 0.6 is 0 Å². The van der Waals surface area contributed by atoms with Gasteiger partial charge in [-0.05, 0) is 53.1 Å². The van der Waals surface area contributed by atoms with Crippen molar-refractivity contribution in [1.82, 2.24) is 10.2 Å². The highest BCUT2D eigenvalue weighted by Crippen LogP contribution is 2.24. The van der Waals surface area contributed by atoms with Crippen molar-refractivity contribution in [3.05, 3.63) is 23.8 Å². The molecule has 0 spiro atoms. The molecule has 0 aliphatic rings. The van der Waals surface area contributed by atoms with Crippen LogP contribution in [0.3, 0.4) is 0 Å². The smallest absolute Gasteiger partial charge is 0.124 e. The Hall–Kier alpha value is -1.26. The monoisotopic (exact) mass is 280 g/mol. The van der Waals surface area contributed by atoms with Gasteiger partial charge in [0.2, 0.25) is 0 Å². The van der Waals surface area contributed by atoms with E-state index in [-0.39, 0.29) is 5.54 Å². The minimum atomic E-state index is 0.0734. The number of methoxy groups -OCH3 is 1. The van der Waals surface area contributed by atoms with Gasteiger partial charge in [-0.15, -0.1) is 0 Å². The Morgan fingerprint density at radius 3 is 2.45 bits per heavy atom. The molecule has 1 N–H and O–H groups in total. The fraction of sp³-hybridized carbons (Fsp3) is 0.625. The first-order valence-corrected chi connectivity index (χ1v) is 7.01. The van der Waals surface area contributed by atoms with Gasteiger partial charge in [0.05, 0.1) is 7.11 Å². The summed E-state index contributed by atoms with van der Waals surface area (Å²) in [5.41, 5.74) is 1.20. The van der Waals surface area contributed by atoms with E-state index in [2.05, 4.69) is 31.0 Å². The van der Waals surface area contributed by atoms with Gasteiger partial charge in [0.15, 0.2) is 0 Å². The van der Waals surface area contributed by atoms with Crippen molar-refractivity contribution >= 4 is 0 Å². The van der Waals surface area contributed by atoms with Gasteiger partial charge < -0.3 is 19.7 Å². The summed E-state index contributed by atoms with van der Waals surface area (Å²) in [6.45, 7) is 8.80. The van der Waals surface area contributed by atoms with Gasteiger partial charge in [0, 0.05) is 24.2 Å². The van der Waals surface area contributed by atoms with E-state index >= 15 is 0 Å². The molecule has 0 saturated heterocycles. The third kappa shape index (κ3) is 6.26. The molecule has 0 atom stereocenters. The van der Waals surface area contributed by atoms with Crippen molar-refractivity contribution in [2.75, 3.05) is 34.4 Å². The van der Waals surface area contributed by atoms with Gasteiger partial charge >= 0.3 is 0 Å². The second-order valence-electron chi connectivity index (χ2n) is 6.23. The molecular weight excluding hydrogens is 252 g/mol. The van der Waals surface area contributed by atoms with E-state index in [9.17, 15) is 0 Å². The molecule has 0 aromatic heterocycles. The first-order valence-electron chi connectivity index (χ1n) is 7.01. The summed E-state index contributed by atoms with van der Waals surface area (Å²) >= 11 is 0. The third-order valence-electron chi connectivity index (χ3n) is 2.87. The minimum absolute atomic E-state index is 0.0734. The lowest BCUT2D eigenvalue weighted by Crippen LogP contribution is -2.35. The van der Waals surface area contributed by atoms with Crippen molar-refractivity contribution in [2.45, 2.75) is 32.9 Å². The van der Waals surface area contributed by atoms with Crippen LogP contribution in [0.5, 0.6) is 11.5 Å². The van der Waals surface area contributed by atoms with E-state index < -0.39 is 0 Å². The molecule has 0 amide bonds. The van der Waals surface area contributed by atoms with Gasteiger partial charge in [-0.25, -0.2) is 0 Å². The first-order chi connectivity index (χ1) is 9.31. The molecule has 0 radical (unpaired) electrons. The van der Waals surface area contributed by atoms with E-state index in [1.54, 1.807) is 7.11 Å². The van der Waals surface area contributed by atoms with E-state index in [0.29, 0.717) is 6.61 Å². The molecule has 4 nitrogen and oxygen atoms in total. The molecule has 114 valence electrons. The van der Waals surface area contributed by atoms with Gasteiger partial charge in [-0.2, -0.15) is 0 Å². The average molecular weight is 280 g/mol. The minimum Gasteiger partial charge on any atom is -0.497 e. The van der Waals surface area contributed by atoms with Crippen LogP contribution in [0, 0.1) is 0 Å². The molecule has 0 bridgehead atoms. The summed E-state index contributed by atoms with van der Waals surface area (Å²) in [7, 11) is 5.77. The Balaban J connectivity index is 2.75. The van der Waals surface area contributed by atoms with Gasteiger partial charge in [0.25, 0.3) is 0 Å². The molecule has 0 fully saturated rings. The van der Waals surface area contributed by atoms with Crippen molar-refractivity contribution in [1.29, 1.82) is 0 Å². The number of rotatable bonds is 7. The molecule has 20 heavy (non-hydrogen) atoms. The zero-order chi connectivity index (χ0) is 15.2. The molecule has 0 unspecified atom stereocenters. The molecule has 0 aliphatic carbocycles. The molecule has 0 heterocycles. The SMILES string of the molecule is COc1ccc(OCCN(C)C)c(CNC(C)(C)C)c1. The number of benzene rings is 1. The van der Waals surface area contributed by atoms with Crippen LogP contribution in [0.25, 0.3) is 0 Å². The Morgan fingerprint density at radius 2 is 1.90 bits per heavy atom. The molecule has 0 aliphatic heterocycles. The molecular formula is C16H28N2O2. The number of hydrogen-bond donors (Lipinski definition) is 1. The van der Waals surface area contributed by atoms with Crippen molar-refractivity contribution in [3.63, 3.8) is 0 Å². The van der Waals surface area contributed by atoms with Crippen LogP contribution < -0.4 is 14.8 Å². The molecule has 1 aromatic rings. The highest BCUT2D eigenvalue weighted by molar-refractivity contribution is 5.40. The highest BCUT2D eigenvalue weighted by atomic mass is 16.5. The lowest BCUT2D eigenvalue weighted by atomic mass is 10.1. The lowest BCUT2D eigenvalue weighted by Gasteiger charge is -2.22. The molecule has 4 heteroatoms. The highest BCUT2D eigenvalue weighted by Gasteiger charge is 2.12. The van der Waals surface area contributed by atoms with Crippen molar-refractivity contribution in [3.8, 4) is 11.5 Å². The largest absolute Gasteiger partial charge is 0.497 e. The number of ether oxygens (including phenoxy) is 2. The molecule has 1 aromatic carbocycles. The topological polar surface area (TPSA) is 33.7 Å². The Bertz CT molecular complexity index is 411. The average Bonchev–Trinajstić information content (AvgIpc) is 2.36. The van der Waals surface area contributed by atoms with E-state index in [1.165, 1.54) is 0 Å². The Kier molecular flexibility index (Phi) is 6.30. The third-order valence-corrected chi connectivity index (χ3v) is 2.87. The van der Waals surface area contributed by atoms with Crippen LogP contribution in [0.15, 0.2) is 18.2 Å². The second kappa shape index (κ2) is 7.50. The summed E-state index contributed by atoms with van der Waals surface area (Å²) in [6, 6.07) is 5.95. The number of likely N-dealkylation sites (N-methyl/N-ethyl adjacent to an activating group) is 1. The van der Waals surface area contributed by atoms with Crippen LogP contribution in [-0.2, 0) is 6.54 Å². The summed E-state index contributed by atoms with van der Waals surface area (Å²) in [4.78, 5) is 2.11. The van der Waals surface area contributed by atoms with Crippen molar-refractivity contribution in [2.24, 2.45) is 0 Å². The maximum absolute atomic E-state index is 5.88. The predicted octanol–water partition coefficient (Wildman–Crippen LogP) is 2.52. The van der Waals surface area contributed by atoms with E-state index in [4.69, 9.17) is 9.47 Å². The number of nitrogens with one attached hydrogen (secondary N) is 1. The Labute approximate surface area is 123 Å². The summed E-state index contributed by atoms with van der Waals surface area (Å²) in [5.74, 6) is 1.78. The molecule has 0 saturated carbocycles. The fourth-order valence-corrected chi connectivity index (χ4v) is 1.66. The van der Waals surface area contributed by atoms with Crippen LogP contribution in [-0.4, -0.2) is 44.8 Å². The molecule has 1 rings (SSSR count).